The third-order valence-corrected chi connectivity index (χ3v) is 7.61. The number of hydrogen-bond acceptors (Lipinski definition) is 8. The van der Waals surface area contributed by atoms with E-state index < -0.39 is 10.8 Å². The van der Waals surface area contributed by atoms with Crippen molar-refractivity contribution in [3.8, 4) is 11.3 Å². The van der Waals surface area contributed by atoms with Crippen molar-refractivity contribution in [1.29, 1.82) is 0 Å². The number of furan rings is 1. The molecule has 0 atom stereocenters. The number of nitrogens with one attached hydrogen (secondary N) is 2. The number of nitro groups is 1. The van der Waals surface area contributed by atoms with E-state index in [1.54, 1.807) is 30.3 Å². The molecule has 0 spiro atoms. The summed E-state index contributed by atoms with van der Waals surface area (Å²) in [7, 11) is 0. The number of halogens is 1. The molecule has 2 aromatic carbocycles. The largest absolute Gasteiger partial charge is 0.451 e. The van der Waals surface area contributed by atoms with Gasteiger partial charge in [0, 0.05) is 49.6 Å². The molecule has 1 aliphatic heterocycles. The third-order valence-electron chi connectivity index (χ3n) is 6.24. The molecule has 1 aliphatic rings. The van der Waals surface area contributed by atoms with Crippen molar-refractivity contribution in [2.45, 2.75) is 0 Å². The highest BCUT2D eigenvalue weighted by Gasteiger charge is 2.24. The average Bonchev–Trinajstić information content (AvgIpc) is 3.66. The molecule has 2 N–H and O–H groups in total. The van der Waals surface area contributed by atoms with E-state index in [-0.39, 0.29) is 22.5 Å². The van der Waals surface area contributed by atoms with Crippen LogP contribution in [0.25, 0.3) is 11.3 Å². The smallest absolute Gasteiger partial charge is 0.293 e. The topological polar surface area (TPSA) is 121 Å². The van der Waals surface area contributed by atoms with E-state index in [2.05, 4.69) is 15.5 Å². The van der Waals surface area contributed by atoms with E-state index >= 15 is 0 Å². The number of amides is 2. The first-order valence-electron chi connectivity index (χ1n) is 12.1. The molecule has 0 unspecified atom stereocenters. The number of nitro benzene ring substituents is 1. The van der Waals surface area contributed by atoms with Crippen LogP contribution < -0.4 is 15.5 Å². The van der Waals surface area contributed by atoms with Gasteiger partial charge in [0.25, 0.3) is 17.5 Å². The zero-order valence-electron chi connectivity index (χ0n) is 20.8. The highest BCUT2D eigenvalue weighted by atomic mass is 35.5. The van der Waals surface area contributed by atoms with Crippen LogP contribution in [-0.4, -0.2) is 52.9 Å². The number of piperazine rings is 1. The maximum absolute atomic E-state index is 12.6. The summed E-state index contributed by atoms with van der Waals surface area (Å²) in [5.41, 5.74) is 1.82. The second-order valence-electron chi connectivity index (χ2n) is 8.80. The van der Waals surface area contributed by atoms with E-state index in [9.17, 15) is 19.7 Å². The van der Waals surface area contributed by atoms with Gasteiger partial charge in [0.15, 0.2) is 10.9 Å². The Morgan fingerprint density at radius 1 is 1.02 bits per heavy atom. The van der Waals surface area contributed by atoms with Gasteiger partial charge in [-0.25, -0.2) is 0 Å². The van der Waals surface area contributed by atoms with Crippen molar-refractivity contribution in [3.63, 3.8) is 0 Å². The number of carbonyl (C=O) groups is 2. The first kappa shape index (κ1) is 27.3. The summed E-state index contributed by atoms with van der Waals surface area (Å²) in [4.78, 5) is 40.5. The zero-order chi connectivity index (χ0) is 28.2. The minimum absolute atomic E-state index is 0.00395. The van der Waals surface area contributed by atoms with Crippen molar-refractivity contribution in [2.24, 2.45) is 0 Å². The summed E-state index contributed by atoms with van der Waals surface area (Å²) >= 11 is 13.3. The van der Waals surface area contributed by atoms with Crippen LogP contribution in [0, 0.1) is 10.1 Å². The molecule has 0 radical (unpaired) electrons. The van der Waals surface area contributed by atoms with Gasteiger partial charge in [-0.3, -0.25) is 25.0 Å². The molecule has 2 aromatic heterocycles. The molecular formula is C27H22ClN5O5S2. The van der Waals surface area contributed by atoms with E-state index in [4.69, 9.17) is 28.2 Å². The second-order valence-corrected chi connectivity index (χ2v) is 10.6. The molecule has 0 saturated carbocycles. The Balaban J connectivity index is 1.16. The zero-order valence-corrected chi connectivity index (χ0v) is 23.2. The summed E-state index contributed by atoms with van der Waals surface area (Å²) in [6, 6.07) is 18.0. The van der Waals surface area contributed by atoms with E-state index in [1.165, 1.54) is 29.5 Å². The van der Waals surface area contributed by atoms with Gasteiger partial charge < -0.3 is 19.5 Å². The molecular weight excluding hydrogens is 574 g/mol. The molecule has 2 amide bonds. The van der Waals surface area contributed by atoms with Gasteiger partial charge in [0.05, 0.1) is 20.5 Å². The summed E-state index contributed by atoms with van der Waals surface area (Å²) in [5, 5.41) is 19.0. The monoisotopic (exact) mass is 595 g/mol. The lowest BCUT2D eigenvalue weighted by Crippen LogP contribution is -2.48. The van der Waals surface area contributed by atoms with Crippen molar-refractivity contribution >= 4 is 69.1 Å². The molecule has 13 heteroatoms. The number of thiophene rings is 1. The fraction of sp³-hybridized carbons (Fsp3) is 0.148. The van der Waals surface area contributed by atoms with Crippen LogP contribution in [0.15, 0.2) is 76.5 Å². The predicted octanol–water partition coefficient (Wildman–Crippen LogP) is 5.66. The lowest BCUT2D eigenvalue weighted by atomic mass is 10.1. The Kier molecular flexibility index (Phi) is 8.10. The average molecular weight is 596 g/mol. The Labute approximate surface area is 243 Å². The minimum Gasteiger partial charge on any atom is -0.451 e. The fourth-order valence-corrected chi connectivity index (χ4v) is 5.46. The maximum atomic E-state index is 12.6. The Bertz CT molecular complexity index is 1580. The third kappa shape index (κ3) is 6.14. The SMILES string of the molecule is O=C(NC(=S)Nc1ccc(N2CCN(C(=O)c3cccs3)CC2)c(Cl)c1)c1ccc(-c2cccc([N+](=O)[O-])c2)o1. The summed E-state index contributed by atoms with van der Waals surface area (Å²) in [6.45, 7) is 2.50. The molecule has 40 heavy (non-hydrogen) atoms. The second kappa shape index (κ2) is 11.9. The van der Waals surface area contributed by atoms with Crippen LogP contribution in [0.3, 0.4) is 0 Å². The predicted molar refractivity (Wildman–Crippen MR) is 158 cm³/mol. The normalized spacial score (nSPS) is 13.1. The fourth-order valence-electron chi connectivity index (χ4n) is 4.26. The maximum Gasteiger partial charge on any atom is 0.293 e. The first-order chi connectivity index (χ1) is 19.3. The van der Waals surface area contributed by atoms with Gasteiger partial charge in [-0.05, 0) is 54.0 Å². The summed E-state index contributed by atoms with van der Waals surface area (Å²) in [6.07, 6.45) is 0. The lowest BCUT2D eigenvalue weighted by molar-refractivity contribution is -0.384. The van der Waals surface area contributed by atoms with Crippen LogP contribution in [0.4, 0.5) is 17.1 Å². The van der Waals surface area contributed by atoms with Crippen molar-refractivity contribution in [3.05, 3.63) is 97.9 Å². The van der Waals surface area contributed by atoms with E-state index in [0.29, 0.717) is 48.2 Å². The quantitative estimate of drug-likeness (QED) is 0.166. The summed E-state index contributed by atoms with van der Waals surface area (Å²) < 4.78 is 5.59. The highest BCUT2D eigenvalue weighted by molar-refractivity contribution is 7.80. The van der Waals surface area contributed by atoms with Crippen LogP contribution in [-0.2, 0) is 0 Å². The van der Waals surface area contributed by atoms with Gasteiger partial charge in [-0.1, -0.05) is 29.8 Å². The molecule has 1 fully saturated rings. The molecule has 0 aliphatic carbocycles. The van der Waals surface area contributed by atoms with Gasteiger partial charge >= 0.3 is 0 Å². The Morgan fingerprint density at radius 3 is 2.52 bits per heavy atom. The van der Waals surface area contributed by atoms with E-state index in [0.717, 1.165) is 10.6 Å². The van der Waals surface area contributed by atoms with Crippen LogP contribution in [0.2, 0.25) is 5.02 Å². The van der Waals surface area contributed by atoms with Crippen LogP contribution in [0.1, 0.15) is 20.2 Å². The van der Waals surface area contributed by atoms with Crippen molar-refractivity contribution < 1.29 is 18.9 Å². The number of non-ortho nitro benzene ring substituents is 1. The number of hydrogen-bond donors (Lipinski definition) is 2. The Hall–Kier alpha value is -4.26. The minimum atomic E-state index is -0.577. The first-order valence-corrected chi connectivity index (χ1v) is 13.8. The standard InChI is InChI=1S/C27H22ClN5O5S2/c28-20-16-18(6-7-21(20)31-10-12-32(13-11-31)26(35)24-5-2-14-40-24)29-27(39)30-25(34)23-9-8-22(38-23)17-3-1-4-19(15-17)33(36)37/h1-9,14-16H,10-13H2,(H2,29,30,34,39). The number of carbonyl (C=O) groups excluding carboxylic acids is 2. The number of nitrogens with zero attached hydrogens (tertiary/aromatic N) is 3. The van der Waals surface area contributed by atoms with Crippen molar-refractivity contribution in [1.82, 2.24) is 10.2 Å². The summed E-state index contributed by atoms with van der Waals surface area (Å²) in [5.74, 6) is -0.222. The molecule has 10 nitrogen and oxygen atoms in total. The van der Waals surface area contributed by atoms with Crippen LogP contribution >= 0.6 is 35.2 Å². The number of anilines is 2. The number of benzene rings is 2. The molecule has 3 heterocycles. The van der Waals surface area contributed by atoms with Crippen LogP contribution in [0.5, 0.6) is 0 Å². The molecule has 0 bridgehead atoms. The molecule has 204 valence electrons. The van der Waals surface area contributed by atoms with Gasteiger partial charge in [-0.15, -0.1) is 11.3 Å². The molecule has 1 saturated heterocycles. The number of thiocarbonyl (C=S) groups is 1. The van der Waals surface area contributed by atoms with Gasteiger partial charge in [0.2, 0.25) is 0 Å². The van der Waals surface area contributed by atoms with Gasteiger partial charge in [-0.2, -0.15) is 0 Å². The van der Waals surface area contributed by atoms with Gasteiger partial charge in [0.1, 0.15) is 5.76 Å². The van der Waals surface area contributed by atoms with E-state index in [1.807, 2.05) is 28.5 Å². The molecule has 4 aromatic rings. The number of rotatable bonds is 6. The molecule has 5 rings (SSSR count). The highest BCUT2D eigenvalue weighted by Crippen LogP contribution is 2.30. The lowest BCUT2D eigenvalue weighted by Gasteiger charge is -2.36. The Morgan fingerprint density at radius 2 is 1.82 bits per heavy atom. The van der Waals surface area contributed by atoms with Crippen molar-refractivity contribution in [2.75, 3.05) is 36.4 Å².